The standard InChI is InChI=1S/C10H9BrN2O2S2/c1-17(14,15)7-4-2-6(3-5-7)10-13-9(12)8(11)16-10/h2-5H,12H2,1H3. The van der Waals surface area contributed by atoms with Crippen LogP contribution in [0.4, 0.5) is 5.82 Å². The summed E-state index contributed by atoms with van der Waals surface area (Å²) in [5, 5.41) is 0.759. The number of benzene rings is 1. The van der Waals surface area contributed by atoms with Crippen LogP contribution in [-0.4, -0.2) is 19.7 Å². The second-order valence-electron chi connectivity index (χ2n) is 3.47. The van der Waals surface area contributed by atoms with Crippen LogP contribution < -0.4 is 5.73 Å². The predicted molar refractivity (Wildman–Crippen MR) is 72.8 cm³/mol. The second kappa shape index (κ2) is 4.40. The summed E-state index contributed by atoms with van der Waals surface area (Å²) in [5.41, 5.74) is 6.48. The van der Waals surface area contributed by atoms with Gasteiger partial charge in [-0.05, 0) is 28.1 Å². The average Bonchev–Trinajstić information content (AvgIpc) is 2.58. The molecule has 0 radical (unpaired) electrons. The van der Waals surface area contributed by atoms with Crippen LogP contribution in [-0.2, 0) is 9.84 Å². The van der Waals surface area contributed by atoms with Crippen molar-refractivity contribution < 1.29 is 8.42 Å². The third-order valence-electron chi connectivity index (χ3n) is 2.14. The minimum absolute atomic E-state index is 0.296. The topological polar surface area (TPSA) is 73.0 Å². The zero-order valence-corrected chi connectivity index (χ0v) is 12.1. The zero-order valence-electron chi connectivity index (χ0n) is 8.84. The first-order valence-electron chi connectivity index (χ1n) is 4.60. The fourth-order valence-electron chi connectivity index (χ4n) is 1.28. The van der Waals surface area contributed by atoms with E-state index in [1.54, 1.807) is 24.3 Å². The third-order valence-corrected chi connectivity index (χ3v) is 5.07. The van der Waals surface area contributed by atoms with Crippen molar-refractivity contribution >= 4 is 42.9 Å². The maximum atomic E-state index is 11.3. The second-order valence-corrected chi connectivity index (χ2v) is 7.81. The molecule has 0 fully saturated rings. The summed E-state index contributed by atoms with van der Waals surface area (Å²) in [6.07, 6.45) is 1.18. The highest BCUT2D eigenvalue weighted by atomic mass is 79.9. The first kappa shape index (κ1) is 12.5. The van der Waals surface area contributed by atoms with Crippen LogP contribution in [0.2, 0.25) is 0 Å². The highest BCUT2D eigenvalue weighted by molar-refractivity contribution is 9.11. The smallest absolute Gasteiger partial charge is 0.175 e. The molecule has 0 atom stereocenters. The van der Waals surface area contributed by atoms with Crippen molar-refractivity contribution in [3.8, 4) is 10.6 Å². The van der Waals surface area contributed by atoms with Crippen LogP contribution in [0.15, 0.2) is 32.9 Å². The quantitative estimate of drug-likeness (QED) is 0.917. The molecule has 0 bridgehead atoms. The van der Waals surface area contributed by atoms with Gasteiger partial charge in [0.15, 0.2) is 9.84 Å². The maximum absolute atomic E-state index is 11.3. The van der Waals surface area contributed by atoms with Crippen LogP contribution in [0, 0.1) is 0 Å². The van der Waals surface area contributed by atoms with E-state index in [4.69, 9.17) is 5.73 Å². The lowest BCUT2D eigenvalue weighted by atomic mass is 10.2. The number of thiazole rings is 1. The summed E-state index contributed by atoms with van der Waals surface area (Å²) < 4.78 is 23.4. The maximum Gasteiger partial charge on any atom is 0.175 e. The van der Waals surface area contributed by atoms with Crippen molar-refractivity contribution in [3.63, 3.8) is 0 Å². The number of rotatable bonds is 2. The van der Waals surface area contributed by atoms with Gasteiger partial charge < -0.3 is 5.73 Å². The molecule has 2 aromatic rings. The van der Waals surface area contributed by atoms with Gasteiger partial charge in [-0.15, -0.1) is 11.3 Å². The van der Waals surface area contributed by atoms with Gasteiger partial charge in [-0.2, -0.15) is 0 Å². The molecule has 1 aromatic heterocycles. The van der Waals surface area contributed by atoms with E-state index in [0.717, 1.165) is 14.4 Å². The molecule has 4 nitrogen and oxygen atoms in total. The molecule has 17 heavy (non-hydrogen) atoms. The van der Waals surface area contributed by atoms with Gasteiger partial charge in [-0.25, -0.2) is 13.4 Å². The first-order valence-corrected chi connectivity index (χ1v) is 8.10. The van der Waals surface area contributed by atoms with E-state index in [-0.39, 0.29) is 0 Å². The predicted octanol–water partition coefficient (Wildman–Crippen LogP) is 2.56. The molecule has 0 unspecified atom stereocenters. The summed E-state index contributed by atoms with van der Waals surface area (Å²) in [4.78, 5) is 4.47. The first-order chi connectivity index (χ1) is 7.88. The number of hydrogen-bond donors (Lipinski definition) is 1. The van der Waals surface area contributed by atoms with Gasteiger partial charge in [0.2, 0.25) is 0 Å². The number of aromatic nitrogens is 1. The summed E-state index contributed by atoms with van der Waals surface area (Å²) in [5.74, 6) is 0.442. The van der Waals surface area contributed by atoms with Crippen LogP contribution in [0.3, 0.4) is 0 Å². The van der Waals surface area contributed by atoms with Crippen molar-refractivity contribution in [2.45, 2.75) is 4.90 Å². The lowest BCUT2D eigenvalue weighted by Crippen LogP contribution is -1.96. The number of anilines is 1. The molecule has 0 amide bonds. The highest BCUT2D eigenvalue weighted by Gasteiger charge is 2.10. The average molecular weight is 333 g/mol. The fraction of sp³-hybridized carbons (Fsp3) is 0.100. The van der Waals surface area contributed by atoms with E-state index >= 15 is 0 Å². The van der Waals surface area contributed by atoms with Gasteiger partial charge >= 0.3 is 0 Å². The van der Waals surface area contributed by atoms with Crippen molar-refractivity contribution in [2.24, 2.45) is 0 Å². The summed E-state index contributed by atoms with van der Waals surface area (Å²) >= 11 is 4.71. The monoisotopic (exact) mass is 332 g/mol. The molecule has 7 heteroatoms. The molecule has 0 aliphatic heterocycles. The molecule has 0 saturated carbocycles. The number of sulfone groups is 1. The molecule has 1 aromatic carbocycles. The van der Waals surface area contributed by atoms with Gasteiger partial charge in [0, 0.05) is 11.8 Å². The number of nitrogen functional groups attached to an aromatic ring is 1. The van der Waals surface area contributed by atoms with Crippen LogP contribution in [0.25, 0.3) is 10.6 Å². The molecule has 1 heterocycles. The van der Waals surface area contributed by atoms with E-state index in [2.05, 4.69) is 20.9 Å². The Morgan fingerprint density at radius 3 is 2.29 bits per heavy atom. The molecule has 2 N–H and O–H groups in total. The van der Waals surface area contributed by atoms with Gasteiger partial charge in [0.05, 0.1) is 4.90 Å². The summed E-state index contributed by atoms with van der Waals surface area (Å²) in [6.45, 7) is 0. The fourth-order valence-corrected chi connectivity index (χ4v) is 3.18. The number of nitrogens with zero attached hydrogens (tertiary/aromatic N) is 1. The molecule has 0 saturated heterocycles. The normalized spacial score (nSPS) is 11.6. The highest BCUT2D eigenvalue weighted by Crippen LogP contribution is 2.33. The molecular formula is C10H9BrN2O2S2. The van der Waals surface area contributed by atoms with E-state index < -0.39 is 9.84 Å². The van der Waals surface area contributed by atoms with E-state index in [9.17, 15) is 8.42 Å². The van der Waals surface area contributed by atoms with Crippen molar-refractivity contribution in [1.82, 2.24) is 4.98 Å². The summed E-state index contributed by atoms with van der Waals surface area (Å²) in [6, 6.07) is 6.58. The molecule has 2 rings (SSSR count). The molecule has 90 valence electrons. The lowest BCUT2D eigenvalue weighted by Gasteiger charge is -1.99. The van der Waals surface area contributed by atoms with E-state index in [0.29, 0.717) is 10.7 Å². The van der Waals surface area contributed by atoms with Gasteiger partial charge in [0.1, 0.15) is 14.6 Å². The SMILES string of the molecule is CS(=O)(=O)c1ccc(-c2nc(N)c(Br)s2)cc1. The summed E-state index contributed by atoms with van der Waals surface area (Å²) in [7, 11) is -3.16. The number of nitrogens with two attached hydrogens (primary N) is 1. The van der Waals surface area contributed by atoms with Gasteiger partial charge in [-0.1, -0.05) is 12.1 Å². The van der Waals surface area contributed by atoms with E-state index in [1.807, 2.05) is 0 Å². The molecule has 0 spiro atoms. The van der Waals surface area contributed by atoms with Crippen LogP contribution >= 0.6 is 27.3 Å². The van der Waals surface area contributed by atoms with Crippen molar-refractivity contribution in [2.75, 3.05) is 12.0 Å². The van der Waals surface area contributed by atoms with Crippen molar-refractivity contribution in [3.05, 3.63) is 28.1 Å². The molecule has 0 aliphatic rings. The zero-order chi connectivity index (χ0) is 12.6. The Balaban J connectivity index is 2.42. The Morgan fingerprint density at radius 1 is 1.29 bits per heavy atom. The molecular weight excluding hydrogens is 324 g/mol. The number of halogens is 1. The Hall–Kier alpha value is -0.920. The van der Waals surface area contributed by atoms with Crippen molar-refractivity contribution in [1.29, 1.82) is 0 Å². The minimum atomic E-state index is -3.16. The van der Waals surface area contributed by atoms with Gasteiger partial charge in [0.25, 0.3) is 0 Å². The third kappa shape index (κ3) is 2.67. The Bertz CT molecular complexity index is 628. The molecule has 0 aliphatic carbocycles. The lowest BCUT2D eigenvalue weighted by molar-refractivity contribution is 0.602. The van der Waals surface area contributed by atoms with E-state index in [1.165, 1.54) is 17.6 Å². The van der Waals surface area contributed by atoms with Crippen LogP contribution in [0.5, 0.6) is 0 Å². The Morgan fingerprint density at radius 2 is 1.88 bits per heavy atom. The number of hydrogen-bond acceptors (Lipinski definition) is 5. The van der Waals surface area contributed by atoms with Crippen LogP contribution in [0.1, 0.15) is 0 Å². The van der Waals surface area contributed by atoms with Gasteiger partial charge in [-0.3, -0.25) is 0 Å². The Kier molecular flexibility index (Phi) is 3.24. The minimum Gasteiger partial charge on any atom is -0.382 e. The largest absolute Gasteiger partial charge is 0.382 e. The Labute approximate surface area is 112 Å².